The lowest BCUT2D eigenvalue weighted by Gasteiger charge is -2.48. The highest BCUT2D eigenvalue weighted by molar-refractivity contribution is 7.92. The number of halogens is 6. The standard InChI is InChI=1S/C27H26Cl3N3O5S.C2HF3O2/c1-16(27(35)36)31-26(34)19-11-22(30)13-23(12-19)33(39(2,37)38)24-14-32(15-24)25(17-3-7-20(28)8-4-17)18-5-9-21(29)10-6-18;3-2(4,5)1(6)7/h3-13,16,24-25H,14-15H2,1-2H3,(H,31,34)(H,35,36);(H,6,7)/t16-;/m0./s1. The molecule has 0 saturated carbocycles. The number of benzene rings is 3. The van der Waals surface area contributed by atoms with Crippen LogP contribution in [0.25, 0.3) is 0 Å². The topological polar surface area (TPSA) is 144 Å². The van der Waals surface area contributed by atoms with Crippen molar-refractivity contribution in [2.75, 3.05) is 23.7 Å². The highest BCUT2D eigenvalue weighted by Gasteiger charge is 2.41. The number of carbonyl (C=O) groups excluding carboxylic acids is 1. The third-order valence-corrected chi connectivity index (χ3v) is 8.62. The molecule has 3 aromatic carbocycles. The highest BCUT2D eigenvalue weighted by atomic mass is 35.5. The van der Waals surface area contributed by atoms with Crippen LogP contribution in [0.3, 0.4) is 0 Å². The maximum Gasteiger partial charge on any atom is 0.490 e. The first-order valence-corrected chi connectivity index (χ1v) is 16.1. The molecular formula is C29H27Cl3F3N3O7S. The molecule has 248 valence electrons. The molecule has 3 N–H and O–H groups in total. The second kappa shape index (κ2) is 14.9. The summed E-state index contributed by atoms with van der Waals surface area (Å²) in [5.74, 6) is -4.63. The van der Waals surface area contributed by atoms with Crippen LogP contribution >= 0.6 is 34.8 Å². The largest absolute Gasteiger partial charge is 0.490 e. The first-order valence-electron chi connectivity index (χ1n) is 13.2. The van der Waals surface area contributed by atoms with Crippen molar-refractivity contribution in [1.29, 1.82) is 0 Å². The predicted octanol–water partition coefficient (Wildman–Crippen LogP) is 5.72. The first-order chi connectivity index (χ1) is 21.3. The highest BCUT2D eigenvalue weighted by Crippen LogP contribution is 2.37. The minimum Gasteiger partial charge on any atom is -0.480 e. The third kappa shape index (κ3) is 9.72. The Morgan fingerprint density at radius 2 is 1.35 bits per heavy atom. The number of nitrogens with zero attached hydrogens (tertiary/aromatic N) is 2. The molecule has 1 fully saturated rings. The Morgan fingerprint density at radius 3 is 1.74 bits per heavy atom. The minimum absolute atomic E-state index is 0.0515. The zero-order valence-corrected chi connectivity index (χ0v) is 27.1. The zero-order chi connectivity index (χ0) is 34.6. The molecule has 0 spiro atoms. The van der Waals surface area contributed by atoms with Crippen LogP contribution in [-0.4, -0.2) is 79.0 Å². The van der Waals surface area contributed by atoms with Crippen molar-refractivity contribution >= 4 is 68.4 Å². The van der Waals surface area contributed by atoms with Crippen LogP contribution in [0.4, 0.5) is 18.9 Å². The van der Waals surface area contributed by atoms with E-state index in [-0.39, 0.29) is 22.3 Å². The molecule has 46 heavy (non-hydrogen) atoms. The lowest BCUT2D eigenvalue weighted by molar-refractivity contribution is -0.192. The maximum atomic E-state index is 13.0. The zero-order valence-electron chi connectivity index (χ0n) is 24.0. The molecule has 0 bridgehead atoms. The number of carboxylic acids is 2. The fourth-order valence-electron chi connectivity index (χ4n) is 4.60. The second-order valence-corrected chi connectivity index (χ2v) is 13.4. The Morgan fingerprint density at radius 1 is 0.891 bits per heavy atom. The van der Waals surface area contributed by atoms with E-state index in [4.69, 9.17) is 49.8 Å². The summed E-state index contributed by atoms with van der Waals surface area (Å²) >= 11 is 18.5. The quantitative estimate of drug-likeness (QED) is 0.254. The van der Waals surface area contributed by atoms with E-state index in [0.717, 1.165) is 17.4 Å². The normalized spacial score (nSPS) is 14.5. The summed E-state index contributed by atoms with van der Waals surface area (Å²) < 4.78 is 58.9. The smallest absolute Gasteiger partial charge is 0.480 e. The molecule has 1 saturated heterocycles. The second-order valence-electron chi connectivity index (χ2n) is 10.2. The fourth-order valence-corrected chi connectivity index (χ4v) is 6.24. The van der Waals surface area contributed by atoms with Gasteiger partial charge in [-0.1, -0.05) is 59.1 Å². The van der Waals surface area contributed by atoms with Gasteiger partial charge in [0.2, 0.25) is 10.0 Å². The van der Waals surface area contributed by atoms with Gasteiger partial charge in [0.15, 0.2) is 0 Å². The van der Waals surface area contributed by atoms with Crippen molar-refractivity contribution in [1.82, 2.24) is 10.2 Å². The van der Waals surface area contributed by atoms with Crippen molar-refractivity contribution < 1.29 is 46.2 Å². The summed E-state index contributed by atoms with van der Waals surface area (Å²) in [4.78, 5) is 34.9. The van der Waals surface area contributed by atoms with Gasteiger partial charge in [-0.05, 0) is 60.5 Å². The summed E-state index contributed by atoms with van der Waals surface area (Å²) in [6.45, 7) is 2.12. The molecule has 17 heteroatoms. The Bertz CT molecular complexity index is 1640. The number of nitrogens with one attached hydrogen (secondary N) is 1. The lowest BCUT2D eigenvalue weighted by Crippen LogP contribution is -2.61. The minimum atomic E-state index is -5.08. The number of carboxylic acid groups (broad SMARTS) is 2. The van der Waals surface area contributed by atoms with Gasteiger partial charge in [-0.2, -0.15) is 13.2 Å². The van der Waals surface area contributed by atoms with Gasteiger partial charge in [-0.15, -0.1) is 0 Å². The number of anilines is 1. The molecule has 0 aromatic heterocycles. The number of alkyl halides is 3. The van der Waals surface area contributed by atoms with E-state index < -0.39 is 46.1 Å². The van der Waals surface area contributed by atoms with Gasteiger partial charge in [-0.3, -0.25) is 18.8 Å². The van der Waals surface area contributed by atoms with Gasteiger partial charge < -0.3 is 15.5 Å². The molecule has 4 rings (SSSR count). The van der Waals surface area contributed by atoms with E-state index in [1.807, 2.05) is 48.5 Å². The third-order valence-electron chi connectivity index (χ3n) is 6.68. The number of hydrogen-bond acceptors (Lipinski definition) is 6. The molecule has 0 radical (unpaired) electrons. The number of likely N-dealkylation sites (tertiary alicyclic amines) is 1. The van der Waals surface area contributed by atoms with Gasteiger partial charge in [0.1, 0.15) is 6.04 Å². The maximum absolute atomic E-state index is 13.0. The molecule has 1 aliphatic rings. The number of aliphatic carboxylic acids is 2. The average Bonchev–Trinajstić information content (AvgIpc) is 2.92. The monoisotopic (exact) mass is 723 g/mol. The number of sulfonamides is 1. The Kier molecular flexibility index (Phi) is 12.0. The van der Waals surface area contributed by atoms with E-state index in [0.29, 0.717) is 23.1 Å². The molecule has 1 heterocycles. The SMILES string of the molecule is C[C@H](NC(=O)c1cc(Cl)cc(N(C2CN(C(c3ccc(Cl)cc3)c3ccc(Cl)cc3)C2)S(C)(=O)=O)c1)C(=O)O.O=C(O)C(F)(F)F. The summed E-state index contributed by atoms with van der Waals surface area (Å²) in [6, 6.07) is 17.5. The first kappa shape index (κ1) is 36.9. The molecule has 1 amide bonds. The Labute approximate surface area is 277 Å². The Balaban J connectivity index is 0.000000738. The molecule has 1 aliphatic heterocycles. The van der Waals surface area contributed by atoms with Crippen molar-refractivity contribution in [3.8, 4) is 0 Å². The van der Waals surface area contributed by atoms with Crippen molar-refractivity contribution in [2.45, 2.75) is 31.2 Å². The van der Waals surface area contributed by atoms with Crippen molar-refractivity contribution in [3.63, 3.8) is 0 Å². The van der Waals surface area contributed by atoms with Gasteiger partial charge in [0.25, 0.3) is 5.91 Å². The van der Waals surface area contributed by atoms with Gasteiger partial charge in [-0.25, -0.2) is 13.2 Å². The molecule has 0 unspecified atom stereocenters. The lowest BCUT2D eigenvalue weighted by atomic mass is 9.93. The fraction of sp³-hybridized carbons (Fsp3) is 0.276. The van der Waals surface area contributed by atoms with Crippen molar-refractivity contribution in [3.05, 3.63) is 98.5 Å². The van der Waals surface area contributed by atoms with Crippen LogP contribution < -0.4 is 9.62 Å². The average molecular weight is 725 g/mol. The van der Waals surface area contributed by atoms with E-state index >= 15 is 0 Å². The molecule has 1 atom stereocenters. The summed E-state index contributed by atoms with van der Waals surface area (Å²) in [5, 5.41) is 20.0. The number of rotatable bonds is 9. The van der Waals surface area contributed by atoms with Crippen LogP contribution in [-0.2, 0) is 19.6 Å². The summed E-state index contributed by atoms with van der Waals surface area (Å²) in [6.07, 6.45) is -3.99. The van der Waals surface area contributed by atoms with E-state index in [9.17, 15) is 31.2 Å². The molecular weight excluding hydrogens is 698 g/mol. The van der Waals surface area contributed by atoms with Gasteiger partial charge >= 0.3 is 18.1 Å². The van der Waals surface area contributed by atoms with Crippen LogP contribution in [0.5, 0.6) is 0 Å². The van der Waals surface area contributed by atoms with E-state index in [1.165, 1.54) is 29.4 Å². The Hall–Kier alpha value is -3.56. The van der Waals surface area contributed by atoms with Crippen LogP contribution in [0, 0.1) is 0 Å². The predicted molar refractivity (Wildman–Crippen MR) is 167 cm³/mol. The van der Waals surface area contributed by atoms with Crippen LogP contribution in [0.1, 0.15) is 34.5 Å². The summed E-state index contributed by atoms with van der Waals surface area (Å²) in [5.41, 5.74) is 2.24. The van der Waals surface area contributed by atoms with Crippen LogP contribution in [0.2, 0.25) is 15.1 Å². The number of amides is 1. The van der Waals surface area contributed by atoms with E-state index in [1.54, 1.807) is 0 Å². The van der Waals surface area contributed by atoms with Crippen LogP contribution in [0.15, 0.2) is 66.7 Å². The van der Waals surface area contributed by atoms with Gasteiger partial charge in [0, 0.05) is 33.7 Å². The van der Waals surface area contributed by atoms with Gasteiger partial charge in [0.05, 0.1) is 24.0 Å². The van der Waals surface area contributed by atoms with Crippen molar-refractivity contribution in [2.24, 2.45) is 0 Å². The number of carbonyl (C=O) groups is 3. The van der Waals surface area contributed by atoms with E-state index in [2.05, 4.69) is 10.2 Å². The molecule has 3 aromatic rings. The summed E-state index contributed by atoms with van der Waals surface area (Å²) in [7, 11) is -3.78. The number of hydrogen-bond donors (Lipinski definition) is 3. The molecule has 0 aliphatic carbocycles. The molecule has 10 nitrogen and oxygen atoms in total.